The largest absolute Gasteiger partial charge is 0.310 e. The lowest BCUT2D eigenvalue weighted by Crippen LogP contribution is -2.12. The van der Waals surface area contributed by atoms with Crippen LogP contribution in [0, 0.1) is 0 Å². The summed E-state index contributed by atoms with van der Waals surface area (Å²) in [7, 11) is 0. The zero-order valence-corrected chi connectivity index (χ0v) is 10.2. The number of nitrogens with zero attached hydrogens (tertiary/aromatic N) is 2. The number of hydrogen-bond acceptors (Lipinski definition) is 2. The van der Waals surface area contributed by atoms with Crippen molar-refractivity contribution in [1.29, 1.82) is 0 Å². The number of rotatable bonds is 2. The molecule has 1 aliphatic rings. The van der Waals surface area contributed by atoms with Crippen LogP contribution in [0.4, 0.5) is 0 Å². The summed E-state index contributed by atoms with van der Waals surface area (Å²) in [4.78, 5) is 0. The maximum atomic E-state index is 6.03. The standard InChI is InChI=1S/C13H14ClN3/c14-13-7-9-16-17(13)11-5-3-10(4-6-11)12-2-1-8-15-12/h3-7,9,12,15H,1-2,8H2. The highest BCUT2D eigenvalue weighted by Crippen LogP contribution is 2.24. The maximum Gasteiger partial charge on any atom is 0.132 e. The average Bonchev–Trinajstić information content (AvgIpc) is 3.00. The second-order valence-electron chi connectivity index (χ2n) is 4.31. The van der Waals surface area contributed by atoms with Gasteiger partial charge >= 0.3 is 0 Å². The average molecular weight is 248 g/mol. The molecular formula is C13H14ClN3. The van der Waals surface area contributed by atoms with Gasteiger partial charge < -0.3 is 5.32 Å². The second-order valence-corrected chi connectivity index (χ2v) is 4.69. The number of hydrogen-bond donors (Lipinski definition) is 1. The van der Waals surface area contributed by atoms with Gasteiger partial charge in [0, 0.05) is 6.04 Å². The minimum atomic E-state index is 0.511. The maximum absolute atomic E-state index is 6.03. The Morgan fingerprint density at radius 3 is 2.65 bits per heavy atom. The van der Waals surface area contributed by atoms with Crippen LogP contribution in [-0.2, 0) is 0 Å². The molecule has 2 heterocycles. The minimum absolute atomic E-state index is 0.511. The molecule has 17 heavy (non-hydrogen) atoms. The zero-order chi connectivity index (χ0) is 11.7. The lowest BCUT2D eigenvalue weighted by Gasteiger charge is -2.11. The molecule has 1 aromatic heterocycles. The monoisotopic (exact) mass is 247 g/mol. The van der Waals surface area contributed by atoms with Crippen LogP contribution in [-0.4, -0.2) is 16.3 Å². The molecule has 0 spiro atoms. The van der Waals surface area contributed by atoms with Crippen LogP contribution in [0.25, 0.3) is 5.69 Å². The van der Waals surface area contributed by atoms with E-state index in [0.29, 0.717) is 11.2 Å². The molecule has 3 rings (SSSR count). The minimum Gasteiger partial charge on any atom is -0.310 e. The lowest BCUT2D eigenvalue weighted by atomic mass is 10.1. The molecule has 1 fully saturated rings. The molecule has 2 aromatic rings. The molecule has 1 aliphatic heterocycles. The quantitative estimate of drug-likeness (QED) is 0.884. The van der Waals surface area contributed by atoms with E-state index in [1.807, 2.05) is 0 Å². The molecule has 3 nitrogen and oxygen atoms in total. The van der Waals surface area contributed by atoms with Crippen molar-refractivity contribution in [1.82, 2.24) is 15.1 Å². The summed E-state index contributed by atoms with van der Waals surface area (Å²) >= 11 is 6.03. The Morgan fingerprint density at radius 1 is 1.24 bits per heavy atom. The first-order valence-electron chi connectivity index (χ1n) is 5.88. The van der Waals surface area contributed by atoms with E-state index in [4.69, 9.17) is 11.6 Å². The fraction of sp³-hybridized carbons (Fsp3) is 0.308. The number of halogens is 1. The van der Waals surface area contributed by atoms with Gasteiger partial charge in [-0.25, -0.2) is 4.68 Å². The summed E-state index contributed by atoms with van der Waals surface area (Å²) in [5.41, 5.74) is 2.34. The molecule has 1 saturated heterocycles. The Hall–Kier alpha value is -1.32. The molecule has 0 saturated carbocycles. The topological polar surface area (TPSA) is 29.9 Å². The highest BCUT2D eigenvalue weighted by Gasteiger charge is 2.15. The lowest BCUT2D eigenvalue weighted by molar-refractivity contribution is 0.647. The van der Waals surface area contributed by atoms with E-state index in [1.54, 1.807) is 16.9 Å². The van der Waals surface area contributed by atoms with Crippen LogP contribution in [0.1, 0.15) is 24.4 Å². The van der Waals surface area contributed by atoms with Crippen molar-refractivity contribution >= 4 is 11.6 Å². The zero-order valence-electron chi connectivity index (χ0n) is 9.44. The van der Waals surface area contributed by atoms with Crippen LogP contribution < -0.4 is 5.32 Å². The molecule has 88 valence electrons. The van der Waals surface area contributed by atoms with Crippen molar-refractivity contribution in [3.05, 3.63) is 47.2 Å². The van der Waals surface area contributed by atoms with Crippen molar-refractivity contribution in [3.8, 4) is 5.69 Å². The second kappa shape index (κ2) is 4.51. The smallest absolute Gasteiger partial charge is 0.132 e. The van der Waals surface area contributed by atoms with Gasteiger partial charge in [-0.05, 0) is 43.1 Å². The normalized spacial score (nSPS) is 19.7. The first-order valence-corrected chi connectivity index (χ1v) is 6.25. The Bertz CT molecular complexity index is 498. The number of benzene rings is 1. The van der Waals surface area contributed by atoms with E-state index < -0.39 is 0 Å². The number of aromatic nitrogens is 2. The van der Waals surface area contributed by atoms with Gasteiger partial charge in [-0.1, -0.05) is 23.7 Å². The van der Waals surface area contributed by atoms with Crippen LogP contribution in [0.2, 0.25) is 5.15 Å². The third-order valence-electron chi connectivity index (χ3n) is 3.20. The van der Waals surface area contributed by atoms with Gasteiger partial charge in [0.1, 0.15) is 5.15 Å². The number of nitrogens with one attached hydrogen (secondary N) is 1. The fourth-order valence-corrected chi connectivity index (χ4v) is 2.49. The molecule has 0 radical (unpaired) electrons. The molecule has 0 amide bonds. The van der Waals surface area contributed by atoms with Crippen LogP contribution in [0.3, 0.4) is 0 Å². The Morgan fingerprint density at radius 2 is 2.06 bits per heavy atom. The third kappa shape index (κ3) is 2.08. The van der Waals surface area contributed by atoms with Crippen LogP contribution >= 0.6 is 11.6 Å². The Labute approximate surface area is 105 Å². The molecule has 1 unspecified atom stereocenters. The van der Waals surface area contributed by atoms with E-state index in [0.717, 1.165) is 12.2 Å². The predicted molar refractivity (Wildman–Crippen MR) is 68.6 cm³/mol. The van der Waals surface area contributed by atoms with Crippen molar-refractivity contribution < 1.29 is 0 Å². The van der Waals surface area contributed by atoms with E-state index in [9.17, 15) is 0 Å². The summed E-state index contributed by atoms with van der Waals surface area (Å²) in [6, 6.07) is 10.7. The summed E-state index contributed by atoms with van der Waals surface area (Å²) in [5.74, 6) is 0. The molecule has 0 bridgehead atoms. The van der Waals surface area contributed by atoms with Crippen molar-refractivity contribution in [2.24, 2.45) is 0 Å². The van der Waals surface area contributed by atoms with Gasteiger partial charge in [-0.15, -0.1) is 0 Å². The van der Waals surface area contributed by atoms with Gasteiger partial charge in [0.25, 0.3) is 0 Å². The molecule has 1 atom stereocenters. The summed E-state index contributed by atoms with van der Waals surface area (Å²) in [6.45, 7) is 1.12. The fourth-order valence-electron chi connectivity index (χ4n) is 2.29. The van der Waals surface area contributed by atoms with Gasteiger partial charge in [-0.3, -0.25) is 0 Å². The van der Waals surface area contributed by atoms with Crippen LogP contribution in [0.5, 0.6) is 0 Å². The van der Waals surface area contributed by atoms with Crippen LogP contribution in [0.15, 0.2) is 36.5 Å². The predicted octanol–water partition coefficient (Wildman–Crippen LogP) is 2.95. The van der Waals surface area contributed by atoms with Gasteiger partial charge in [0.05, 0.1) is 11.9 Å². The first kappa shape index (κ1) is 10.8. The van der Waals surface area contributed by atoms with E-state index in [2.05, 4.69) is 34.7 Å². The molecule has 1 aromatic carbocycles. The summed E-state index contributed by atoms with van der Waals surface area (Å²) in [6.07, 6.45) is 4.19. The summed E-state index contributed by atoms with van der Waals surface area (Å²) < 4.78 is 1.73. The van der Waals surface area contributed by atoms with E-state index in [-0.39, 0.29) is 0 Å². The molecule has 0 aliphatic carbocycles. The highest BCUT2D eigenvalue weighted by molar-refractivity contribution is 6.29. The van der Waals surface area contributed by atoms with Crippen molar-refractivity contribution in [2.75, 3.05) is 6.54 Å². The van der Waals surface area contributed by atoms with Gasteiger partial charge in [0.15, 0.2) is 0 Å². The third-order valence-corrected chi connectivity index (χ3v) is 3.48. The molecule has 4 heteroatoms. The highest BCUT2D eigenvalue weighted by atomic mass is 35.5. The van der Waals surface area contributed by atoms with E-state index >= 15 is 0 Å². The first-order chi connectivity index (χ1) is 8.34. The molecule has 1 N–H and O–H groups in total. The summed E-state index contributed by atoms with van der Waals surface area (Å²) in [5, 5.41) is 8.31. The Balaban J connectivity index is 1.87. The SMILES string of the molecule is Clc1ccnn1-c1ccc(C2CCCN2)cc1. The van der Waals surface area contributed by atoms with Crippen molar-refractivity contribution in [2.45, 2.75) is 18.9 Å². The Kier molecular flexibility index (Phi) is 2.87. The van der Waals surface area contributed by atoms with Gasteiger partial charge in [0.2, 0.25) is 0 Å². The van der Waals surface area contributed by atoms with E-state index in [1.165, 1.54) is 18.4 Å². The van der Waals surface area contributed by atoms with Crippen molar-refractivity contribution in [3.63, 3.8) is 0 Å². The molecular weight excluding hydrogens is 234 g/mol. The van der Waals surface area contributed by atoms with Gasteiger partial charge in [-0.2, -0.15) is 5.10 Å².